The molecule has 0 heterocycles. The minimum absolute atomic E-state index is 0.0468. The summed E-state index contributed by atoms with van der Waals surface area (Å²) in [5, 5.41) is 19.9. The van der Waals surface area contributed by atoms with Gasteiger partial charge in [-0.05, 0) is 63.1 Å². The summed E-state index contributed by atoms with van der Waals surface area (Å²) in [7, 11) is 0. The average molecular weight is 376 g/mol. The zero-order valence-electron chi connectivity index (χ0n) is 16.7. The van der Waals surface area contributed by atoms with Crippen LogP contribution in [0.1, 0.15) is 55.5 Å². The van der Waals surface area contributed by atoms with Crippen molar-refractivity contribution in [3.63, 3.8) is 0 Å². The number of phenols is 2. The summed E-state index contributed by atoms with van der Waals surface area (Å²) in [6.07, 6.45) is 6.04. The molecule has 1 aliphatic rings. The summed E-state index contributed by atoms with van der Waals surface area (Å²) in [5.41, 5.74) is 3.88. The highest BCUT2D eigenvalue weighted by atomic mass is 16.3. The molecule has 3 heteroatoms. The number of benzene rings is 2. The Morgan fingerprint density at radius 3 is 2.46 bits per heavy atom. The third-order valence-electron chi connectivity index (χ3n) is 5.70. The molecule has 0 spiro atoms. The number of Topliss-reactive ketones (excluding diaryl/α,β-unsaturated/α-hetero) is 1. The van der Waals surface area contributed by atoms with Gasteiger partial charge in [-0.15, -0.1) is 0 Å². The fourth-order valence-electron chi connectivity index (χ4n) is 4.19. The number of hydrogen-bond acceptors (Lipinski definition) is 3. The van der Waals surface area contributed by atoms with Gasteiger partial charge in [-0.25, -0.2) is 0 Å². The predicted octanol–water partition coefficient (Wildman–Crippen LogP) is 6.00. The van der Waals surface area contributed by atoms with E-state index in [1.807, 2.05) is 18.2 Å². The van der Waals surface area contributed by atoms with Crippen LogP contribution in [0.15, 0.2) is 71.8 Å². The molecule has 0 bridgehead atoms. The Hall–Kier alpha value is -2.81. The first-order chi connectivity index (χ1) is 13.4. The maximum atomic E-state index is 13.6. The molecule has 0 saturated carbocycles. The first-order valence-electron chi connectivity index (χ1n) is 9.79. The van der Waals surface area contributed by atoms with Crippen LogP contribution in [-0.4, -0.2) is 16.0 Å². The maximum Gasteiger partial charge on any atom is 0.170 e. The fraction of sp³-hybridized carbons (Fsp3) is 0.320. The number of hydrogen-bond donors (Lipinski definition) is 2. The van der Waals surface area contributed by atoms with Crippen molar-refractivity contribution in [2.75, 3.05) is 0 Å². The lowest BCUT2D eigenvalue weighted by molar-refractivity contribution is 0.0847. The lowest BCUT2D eigenvalue weighted by Gasteiger charge is -2.37. The largest absolute Gasteiger partial charge is 0.508 e. The molecule has 0 amide bonds. The van der Waals surface area contributed by atoms with Gasteiger partial charge < -0.3 is 10.2 Å². The van der Waals surface area contributed by atoms with Crippen molar-refractivity contribution >= 4 is 5.78 Å². The molecular weight excluding hydrogens is 348 g/mol. The van der Waals surface area contributed by atoms with Gasteiger partial charge in [-0.2, -0.15) is 0 Å². The van der Waals surface area contributed by atoms with Crippen LogP contribution in [0.4, 0.5) is 0 Å². The normalized spacial score (nSPS) is 21.7. The van der Waals surface area contributed by atoms with Crippen LogP contribution in [-0.2, 0) is 0 Å². The predicted molar refractivity (Wildman–Crippen MR) is 113 cm³/mol. The van der Waals surface area contributed by atoms with E-state index < -0.39 is 0 Å². The van der Waals surface area contributed by atoms with Crippen LogP contribution in [0.3, 0.4) is 0 Å². The first kappa shape index (κ1) is 19.9. The molecule has 3 nitrogen and oxygen atoms in total. The van der Waals surface area contributed by atoms with E-state index in [0.717, 1.165) is 18.4 Å². The van der Waals surface area contributed by atoms with E-state index in [2.05, 4.69) is 45.1 Å². The molecule has 28 heavy (non-hydrogen) atoms. The van der Waals surface area contributed by atoms with Crippen LogP contribution in [0.25, 0.3) is 0 Å². The van der Waals surface area contributed by atoms with Gasteiger partial charge in [0.15, 0.2) is 5.78 Å². The topological polar surface area (TPSA) is 57.5 Å². The third kappa shape index (κ3) is 4.19. The minimum Gasteiger partial charge on any atom is -0.508 e. The number of aromatic hydroxyl groups is 2. The van der Waals surface area contributed by atoms with Gasteiger partial charge in [0.2, 0.25) is 0 Å². The number of allylic oxidation sites excluding steroid dienone is 4. The number of ketones is 1. The highest BCUT2D eigenvalue weighted by molar-refractivity contribution is 6.01. The van der Waals surface area contributed by atoms with Crippen molar-refractivity contribution in [3.8, 4) is 11.5 Å². The first-order valence-corrected chi connectivity index (χ1v) is 9.79. The van der Waals surface area contributed by atoms with E-state index in [1.165, 1.54) is 29.3 Å². The Morgan fingerprint density at radius 2 is 1.82 bits per heavy atom. The number of carbonyl (C=O) groups is 1. The van der Waals surface area contributed by atoms with Crippen LogP contribution >= 0.6 is 0 Å². The lowest BCUT2D eigenvalue weighted by Crippen LogP contribution is -2.33. The van der Waals surface area contributed by atoms with E-state index in [-0.39, 0.29) is 40.6 Å². The zero-order valence-corrected chi connectivity index (χ0v) is 16.7. The molecule has 3 rings (SSSR count). The Bertz CT molecular complexity index is 905. The van der Waals surface area contributed by atoms with Gasteiger partial charge in [0, 0.05) is 12.0 Å². The molecule has 0 unspecified atom stereocenters. The highest BCUT2D eigenvalue weighted by Gasteiger charge is 2.39. The van der Waals surface area contributed by atoms with Gasteiger partial charge in [0.1, 0.15) is 11.5 Å². The second-order valence-electron chi connectivity index (χ2n) is 7.92. The van der Waals surface area contributed by atoms with Gasteiger partial charge in [0.25, 0.3) is 0 Å². The summed E-state index contributed by atoms with van der Waals surface area (Å²) >= 11 is 0. The molecule has 1 aliphatic carbocycles. The fourth-order valence-corrected chi connectivity index (χ4v) is 4.19. The summed E-state index contributed by atoms with van der Waals surface area (Å²) < 4.78 is 0. The summed E-state index contributed by atoms with van der Waals surface area (Å²) in [6.45, 7) is 6.24. The quantitative estimate of drug-likeness (QED) is 0.497. The van der Waals surface area contributed by atoms with Crippen molar-refractivity contribution in [1.82, 2.24) is 0 Å². The van der Waals surface area contributed by atoms with E-state index in [4.69, 9.17) is 0 Å². The Balaban J connectivity index is 2.08. The van der Waals surface area contributed by atoms with E-state index in [1.54, 1.807) is 0 Å². The summed E-state index contributed by atoms with van der Waals surface area (Å²) in [4.78, 5) is 13.6. The monoisotopic (exact) mass is 376 g/mol. The number of rotatable bonds is 5. The molecule has 0 radical (unpaired) electrons. The van der Waals surface area contributed by atoms with Gasteiger partial charge in [-0.3, -0.25) is 4.79 Å². The van der Waals surface area contributed by atoms with Crippen LogP contribution in [0.2, 0.25) is 0 Å². The second-order valence-corrected chi connectivity index (χ2v) is 7.92. The van der Waals surface area contributed by atoms with Crippen molar-refractivity contribution < 1.29 is 15.0 Å². The van der Waals surface area contributed by atoms with Crippen molar-refractivity contribution in [2.45, 2.75) is 39.5 Å². The van der Waals surface area contributed by atoms with Gasteiger partial charge in [0.05, 0.1) is 5.56 Å². The number of carbonyl (C=O) groups excluding carboxylic acids is 1. The maximum absolute atomic E-state index is 13.6. The molecule has 146 valence electrons. The van der Waals surface area contributed by atoms with Crippen molar-refractivity contribution in [1.29, 1.82) is 0 Å². The van der Waals surface area contributed by atoms with E-state index >= 15 is 0 Å². The van der Waals surface area contributed by atoms with Crippen molar-refractivity contribution in [3.05, 3.63) is 83.0 Å². The molecule has 3 atom stereocenters. The molecule has 2 N–H and O–H groups in total. The van der Waals surface area contributed by atoms with Gasteiger partial charge in [-0.1, -0.05) is 53.6 Å². The van der Waals surface area contributed by atoms with E-state index in [9.17, 15) is 15.0 Å². The minimum atomic E-state index is -0.265. The highest BCUT2D eigenvalue weighted by Crippen LogP contribution is 2.45. The second kappa shape index (κ2) is 8.47. The molecule has 0 aliphatic heterocycles. The zero-order chi connectivity index (χ0) is 20.3. The Kier molecular flexibility index (Phi) is 6.03. The van der Waals surface area contributed by atoms with Crippen molar-refractivity contribution in [2.24, 2.45) is 11.8 Å². The SMILES string of the molecule is CC(C)=CC[C@@H]1C(C)=CC[C@@H](c2ccccc2)[C@@H]1C(=O)c1ccc(O)cc1O. The Morgan fingerprint density at radius 1 is 1.11 bits per heavy atom. The average Bonchev–Trinajstić information content (AvgIpc) is 2.67. The van der Waals surface area contributed by atoms with E-state index in [0.29, 0.717) is 0 Å². The molecule has 0 fully saturated rings. The van der Waals surface area contributed by atoms with Gasteiger partial charge >= 0.3 is 0 Å². The standard InChI is InChI=1S/C25H28O3/c1-16(2)9-12-20-17(3)10-13-21(18-7-5-4-6-8-18)24(20)25(28)22-14-11-19(26)15-23(22)27/h4-11,14-15,20-21,24,26-27H,12-13H2,1-3H3/t20-,21+,24-/m1/s1. The Labute approximate surface area is 167 Å². The van der Waals surface area contributed by atoms with Crippen LogP contribution < -0.4 is 0 Å². The molecule has 0 saturated heterocycles. The molecule has 0 aromatic heterocycles. The summed E-state index contributed by atoms with van der Waals surface area (Å²) in [5.74, 6) is -0.403. The molecular formula is C25H28O3. The lowest BCUT2D eigenvalue weighted by atomic mass is 9.65. The third-order valence-corrected chi connectivity index (χ3v) is 5.70. The summed E-state index contributed by atoms with van der Waals surface area (Å²) in [6, 6.07) is 14.4. The van der Waals surface area contributed by atoms with Crippen LogP contribution in [0, 0.1) is 11.8 Å². The molecule has 2 aromatic rings. The van der Waals surface area contributed by atoms with Crippen LogP contribution in [0.5, 0.6) is 11.5 Å². The molecule has 2 aromatic carbocycles. The smallest absolute Gasteiger partial charge is 0.170 e. The number of phenolic OH excluding ortho intramolecular Hbond substituents is 2.